The molecule has 0 spiro atoms. The van der Waals surface area contributed by atoms with Crippen molar-refractivity contribution in [2.75, 3.05) is 5.01 Å². The first-order valence-corrected chi connectivity index (χ1v) is 8.39. The number of phenols is 1. The summed E-state index contributed by atoms with van der Waals surface area (Å²) in [5.74, 6) is 6.08. The smallest absolute Gasteiger partial charge is 0.159 e. The molecule has 25 heavy (non-hydrogen) atoms. The molecule has 0 aliphatic rings. The van der Waals surface area contributed by atoms with Gasteiger partial charge >= 0.3 is 0 Å². The number of phenolic OH excluding ortho intramolecular Hbond substituents is 1. The molecule has 0 aliphatic carbocycles. The average molecular weight is 343 g/mol. The second-order valence-electron chi connectivity index (χ2n) is 4.64. The monoisotopic (exact) mass is 343 g/mol. The maximum Gasteiger partial charge on any atom is 0.159 e. The first-order valence-electron chi connectivity index (χ1n) is 8.39. The van der Waals surface area contributed by atoms with Gasteiger partial charge in [-0.1, -0.05) is 52.0 Å². The predicted molar refractivity (Wildman–Crippen MR) is 106 cm³/mol. The Bertz CT molecular complexity index is 662. The zero-order chi connectivity index (χ0) is 19.4. The van der Waals surface area contributed by atoms with Crippen LogP contribution in [0.1, 0.15) is 50.5 Å². The highest BCUT2D eigenvalue weighted by Gasteiger charge is 2.03. The van der Waals surface area contributed by atoms with Gasteiger partial charge in [0.2, 0.25) is 0 Å². The highest BCUT2D eigenvalue weighted by atomic mass is 16.3. The van der Waals surface area contributed by atoms with Crippen LogP contribution < -0.4 is 16.6 Å². The van der Waals surface area contributed by atoms with Gasteiger partial charge in [-0.05, 0) is 36.8 Å². The minimum absolute atomic E-state index is 0.00801. The lowest BCUT2D eigenvalue weighted by atomic mass is 10.1. The molecule has 0 saturated heterocycles. The van der Waals surface area contributed by atoms with Crippen LogP contribution in [0.4, 0.5) is 5.69 Å². The molecule has 0 radical (unpaired) electrons. The fourth-order valence-corrected chi connectivity index (χ4v) is 1.82. The molecule has 0 aromatic heterocycles. The predicted octanol–water partition coefficient (Wildman–Crippen LogP) is 4.28. The SMILES string of the molecule is CC.CC.CC(=O)c1ccc(/C(N)=C/N(N)c2ccc(O)cc2)cc1. The van der Waals surface area contributed by atoms with Crippen LogP contribution in [0, 0.1) is 0 Å². The lowest BCUT2D eigenvalue weighted by Gasteiger charge is -2.15. The topological polar surface area (TPSA) is 92.6 Å². The van der Waals surface area contributed by atoms with Crippen LogP contribution in [0.25, 0.3) is 5.70 Å². The Labute approximate surface area is 150 Å². The average Bonchev–Trinajstić information content (AvgIpc) is 2.65. The van der Waals surface area contributed by atoms with Gasteiger partial charge in [0.05, 0.1) is 11.4 Å². The van der Waals surface area contributed by atoms with Gasteiger partial charge < -0.3 is 10.8 Å². The fraction of sp³-hybridized carbons (Fsp3) is 0.250. The van der Waals surface area contributed by atoms with Crippen molar-refractivity contribution in [3.63, 3.8) is 0 Å². The lowest BCUT2D eigenvalue weighted by molar-refractivity contribution is 0.101. The molecule has 2 aromatic carbocycles. The van der Waals surface area contributed by atoms with Crippen molar-refractivity contribution in [2.45, 2.75) is 34.6 Å². The van der Waals surface area contributed by atoms with E-state index in [0.717, 1.165) is 5.56 Å². The van der Waals surface area contributed by atoms with Gasteiger partial charge in [0.25, 0.3) is 0 Å². The van der Waals surface area contributed by atoms with Crippen molar-refractivity contribution < 1.29 is 9.90 Å². The first kappa shape index (κ1) is 22.2. The van der Waals surface area contributed by atoms with Crippen LogP contribution in [0.15, 0.2) is 54.7 Å². The molecule has 5 nitrogen and oxygen atoms in total. The van der Waals surface area contributed by atoms with Crippen LogP contribution in [-0.2, 0) is 0 Å². The molecule has 0 fully saturated rings. The Balaban J connectivity index is 0.00000134. The molecule has 0 saturated carbocycles. The van der Waals surface area contributed by atoms with E-state index >= 15 is 0 Å². The quantitative estimate of drug-likeness (QED) is 0.437. The van der Waals surface area contributed by atoms with E-state index in [0.29, 0.717) is 16.9 Å². The number of hydrazine groups is 1. The summed E-state index contributed by atoms with van der Waals surface area (Å²) in [5.41, 5.74) is 8.56. The summed E-state index contributed by atoms with van der Waals surface area (Å²) in [6, 6.07) is 13.4. The first-order chi connectivity index (χ1) is 12.0. The van der Waals surface area contributed by atoms with E-state index in [1.807, 2.05) is 27.7 Å². The van der Waals surface area contributed by atoms with Crippen LogP contribution in [0.5, 0.6) is 5.75 Å². The molecule has 2 aromatic rings. The van der Waals surface area contributed by atoms with Crippen LogP contribution in [-0.4, -0.2) is 10.9 Å². The molecule has 0 amide bonds. The number of hydrogen-bond donors (Lipinski definition) is 3. The van der Waals surface area contributed by atoms with Gasteiger partial charge in [0.1, 0.15) is 5.75 Å². The van der Waals surface area contributed by atoms with E-state index in [4.69, 9.17) is 11.6 Å². The van der Waals surface area contributed by atoms with Crippen molar-refractivity contribution >= 4 is 17.2 Å². The van der Waals surface area contributed by atoms with Gasteiger partial charge in [-0.2, -0.15) is 0 Å². The summed E-state index contributed by atoms with van der Waals surface area (Å²) in [6.45, 7) is 9.51. The summed E-state index contributed by atoms with van der Waals surface area (Å²) in [4.78, 5) is 11.2. The number of anilines is 1. The van der Waals surface area contributed by atoms with E-state index in [2.05, 4.69) is 0 Å². The third-order valence-corrected chi connectivity index (χ3v) is 3.05. The number of nitrogens with zero attached hydrogens (tertiary/aromatic N) is 1. The second kappa shape index (κ2) is 11.7. The number of carbonyl (C=O) groups excluding carboxylic acids is 1. The molecule has 0 heterocycles. The van der Waals surface area contributed by atoms with E-state index < -0.39 is 0 Å². The zero-order valence-electron chi connectivity index (χ0n) is 15.7. The fourth-order valence-electron chi connectivity index (χ4n) is 1.82. The molecule has 136 valence electrons. The van der Waals surface area contributed by atoms with Crippen LogP contribution in [0.2, 0.25) is 0 Å². The number of aromatic hydroxyl groups is 1. The van der Waals surface area contributed by atoms with E-state index in [-0.39, 0.29) is 11.5 Å². The Morgan fingerprint density at radius 1 is 0.920 bits per heavy atom. The van der Waals surface area contributed by atoms with Crippen LogP contribution >= 0.6 is 0 Å². The highest BCUT2D eigenvalue weighted by Crippen LogP contribution is 2.18. The number of Topliss-reactive ketones (excluding diaryl/α,β-unsaturated/α-hetero) is 1. The van der Waals surface area contributed by atoms with Gasteiger partial charge in [-0.25, -0.2) is 5.84 Å². The highest BCUT2D eigenvalue weighted by molar-refractivity contribution is 5.94. The summed E-state index contributed by atoms with van der Waals surface area (Å²) in [7, 11) is 0. The second-order valence-corrected chi connectivity index (χ2v) is 4.64. The van der Waals surface area contributed by atoms with E-state index in [9.17, 15) is 9.90 Å². The van der Waals surface area contributed by atoms with Crippen molar-refractivity contribution in [1.82, 2.24) is 0 Å². The molecular weight excluding hydrogens is 314 g/mol. The van der Waals surface area contributed by atoms with Crippen LogP contribution in [0.3, 0.4) is 0 Å². The molecule has 0 aliphatic heterocycles. The van der Waals surface area contributed by atoms with E-state index in [1.54, 1.807) is 54.7 Å². The normalized spacial score (nSPS) is 9.92. The van der Waals surface area contributed by atoms with Gasteiger partial charge in [-0.3, -0.25) is 9.80 Å². The number of benzene rings is 2. The minimum atomic E-state index is 0.00801. The molecular formula is C20H29N3O2. The minimum Gasteiger partial charge on any atom is -0.508 e. The Morgan fingerprint density at radius 2 is 1.36 bits per heavy atom. The van der Waals surface area contributed by atoms with Gasteiger partial charge in [-0.15, -0.1) is 0 Å². The maximum absolute atomic E-state index is 11.2. The maximum atomic E-state index is 11.2. The molecule has 5 N–H and O–H groups in total. The number of nitrogens with two attached hydrogens (primary N) is 2. The Kier molecular flexibility index (Phi) is 10.4. The third-order valence-electron chi connectivity index (χ3n) is 3.05. The summed E-state index contributed by atoms with van der Waals surface area (Å²) in [5, 5.41) is 10.6. The number of rotatable bonds is 4. The number of hydrogen-bond acceptors (Lipinski definition) is 5. The van der Waals surface area contributed by atoms with Gasteiger partial charge in [0, 0.05) is 11.8 Å². The Morgan fingerprint density at radius 3 is 1.80 bits per heavy atom. The summed E-state index contributed by atoms with van der Waals surface area (Å²) >= 11 is 0. The third kappa shape index (κ3) is 7.10. The molecule has 0 bridgehead atoms. The number of ketones is 1. The van der Waals surface area contributed by atoms with Crippen molar-refractivity contribution in [1.29, 1.82) is 0 Å². The Hall–Kier alpha value is -2.79. The lowest BCUT2D eigenvalue weighted by Crippen LogP contribution is -2.25. The van der Waals surface area contributed by atoms with Crippen molar-refractivity contribution in [3.8, 4) is 5.75 Å². The van der Waals surface area contributed by atoms with E-state index in [1.165, 1.54) is 11.9 Å². The molecule has 0 atom stereocenters. The summed E-state index contributed by atoms with van der Waals surface area (Å²) in [6.07, 6.45) is 1.58. The largest absolute Gasteiger partial charge is 0.508 e. The van der Waals surface area contributed by atoms with Gasteiger partial charge in [0.15, 0.2) is 5.78 Å². The standard InChI is InChI=1S/C16H17N3O2.2C2H6/c1-11(20)12-2-4-13(5-3-12)16(17)10-19(18)14-6-8-15(21)9-7-14;2*1-2/h2-10,21H,17-18H2,1H3;2*1-2H3/b16-10-;;. The zero-order valence-corrected chi connectivity index (χ0v) is 15.7. The molecule has 2 rings (SSSR count). The molecule has 0 unspecified atom stereocenters. The van der Waals surface area contributed by atoms with Crippen molar-refractivity contribution in [3.05, 3.63) is 65.9 Å². The summed E-state index contributed by atoms with van der Waals surface area (Å²) < 4.78 is 0. The molecule has 5 heteroatoms. The number of carbonyl (C=O) groups is 1. The van der Waals surface area contributed by atoms with Crippen molar-refractivity contribution in [2.24, 2.45) is 11.6 Å².